The molecule has 0 spiro atoms. The van der Waals surface area contributed by atoms with Crippen molar-refractivity contribution in [3.63, 3.8) is 0 Å². The van der Waals surface area contributed by atoms with Crippen molar-refractivity contribution in [3.8, 4) is 0 Å². The zero-order valence-corrected chi connectivity index (χ0v) is 9.24. The quantitative estimate of drug-likeness (QED) is 0.698. The van der Waals surface area contributed by atoms with Crippen LogP contribution in [0.3, 0.4) is 0 Å². The molecule has 2 aliphatic heterocycles. The van der Waals surface area contributed by atoms with Gasteiger partial charge in [0.15, 0.2) is 0 Å². The molecule has 2 aliphatic rings. The van der Waals surface area contributed by atoms with E-state index in [-0.39, 0.29) is 6.17 Å². The summed E-state index contributed by atoms with van der Waals surface area (Å²) in [7, 11) is 0. The van der Waals surface area contributed by atoms with Gasteiger partial charge in [0.1, 0.15) is 0 Å². The van der Waals surface area contributed by atoms with Crippen LogP contribution >= 0.6 is 0 Å². The van der Waals surface area contributed by atoms with Gasteiger partial charge in [0.05, 0.1) is 6.17 Å². The second kappa shape index (κ2) is 3.24. The number of rotatable bonds is 0. The van der Waals surface area contributed by atoms with Crippen molar-refractivity contribution in [1.82, 2.24) is 0 Å². The van der Waals surface area contributed by atoms with E-state index < -0.39 is 0 Å². The van der Waals surface area contributed by atoms with Crippen LogP contribution < -0.4 is 10.6 Å². The molecular weight excluding hydrogens is 184 g/mol. The highest BCUT2D eigenvalue weighted by Gasteiger charge is 2.35. The van der Waals surface area contributed by atoms with Crippen LogP contribution in [0.4, 0.5) is 5.69 Å². The van der Waals surface area contributed by atoms with Gasteiger partial charge in [0, 0.05) is 11.7 Å². The number of nitrogens with two attached hydrogens (primary N) is 1. The van der Waals surface area contributed by atoms with Gasteiger partial charge < -0.3 is 10.6 Å². The fourth-order valence-corrected chi connectivity index (χ4v) is 3.17. The van der Waals surface area contributed by atoms with E-state index in [2.05, 4.69) is 30.0 Å². The molecule has 1 aromatic rings. The average Bonchev–Trinajstić information content (AvgIpc) is 2.58. The number of para-hydroxylation sites is 1. The smallest absolute Gasteiger partial charge is 0.0774 e. The van der Waals surface area contributed by atoms with Crippen LogP contribution in [-0.4, -0.2) is 12.2 Å². The molecule has 2 nitrogen and oxygen atoms in total. The summed E-state index contributed by atoms with van der Waals surface area (Å²) in [5.74, 6) is 0. The number of benzene rings is 1. The van der Waals surface area contributed by atoms with Crippen LogP contribution in [0, 0.1) is 6.92 Å². The highest BCUT2D eigenvalue weighted by atomic mass is 15.3. The first-order valence-corrected chi connectivity index (χ1v) is 5.90. The molecule has 2 heterocycles. The van der Waals surface area contributed by atoms with Gasteiger partial charge in [-0.1, -0.05) is 18.2 Å². The van der Waals surface area contributed by atoms with E-state index in [1.807, 2.05) is 0 Å². The van der Waals surface area contributed by atoms with E-state index in [4.69, 9.17) is 5.73 Å². The van der Waals surface area contributed by atoms with Gasteiger partial charge in [0.25, 0.3) is 0 Å². The predicted octanol–water partition coefficient (Wildman–Crippen LogP) is 2.19. The van der Waals surface area contributed by atoms with Gasteiger partial charge in [-0.3, -0.25) is 0 Å². The Labute approximate surface area is 91.1 Å². The van der Waals surface area contributed by atoms with Crippen molar-refractivity contribution in [2.45, 2.75) is 44.8 Å². The molecule has 0 bridgehead atoms. The third kappa shape index (κ3) is 1.28. The molecule has 0 aromatic heterocycles. The van der Waals surface area contributed by atoms with E-state index in [1.54, 1.807) is 0 Å². The third-order valence-corrected chi connectivity index (χ3v) is 3.82. The summed E-state index contributed by atoms with van der Waals surface area (Å²) < 4.78 is 0. The summed E-state index contributed by atoms with van der Waals surface area (Å²) in [4.78, 5) is 2.47. The summed E-state index contributed by atoms with van der Waals surface area (Å²) in [5, 5.41) is 0. The number of hydrogen-bond donors (Lipinski definition) is 1. The highest BCUT2D eigenvalue weighted by molar-refractivity contribution is 5.65. The molecule has 15 heavy (non-hydrogen) atoms. The second-order valence-electron chi connectivity index (χ2n) is 4.85. The third-order valence-electron chi connectivity index (χ3n) is 3.82. The predicted molar refractivity (Wildman–Crippen MR) is 63.0 cm³/mol. The van der Waals surface area contributed by atoms with E-state index in [0.717, 1.165) is 6.42 Å². The summed E-state index contributed by atoms with van der Waals surface area (Å²) in [6, 6.07) is 7.29. The molecule has 2 heteroatoms. The molecule has 2 N–H and O–H groups in total. The minimum atomic E-state index is 0.242. The average molecular weight is 202 g/mol. The number of anilines is 1. The van der Waals surface area contributed by atoms with E-state index in [1.165, 1.54) is 36.1 Å². The van der Waals surface area contributed by atoms with Crippen molar-refractivity contribution in [1.29, 1.82) is 0 Å². The van der Waals surface area contributed by atoms with Gasteiger partial charge in [-0.05, 0) is 43.7 Å². The highest BCUT2D eigenvalue weighted by Crippen LogP contribution is 2.40. The van der Waals surface area contributed by atoms with Crippen molar-refractivity contribution in [2.75, 3.05) is 4.90 Å². The maximum Gasteiger partial charge on any atom is 0.0774 e. The van der Waals surface area contributed by atoms with Crippen LogP contribution in [0.25, 0.3) is 0 Å². The van der Waals surface area contributed by atoms with Crippen LogP contribution in [0.5, 0.6) is 0 Å². The lowest BCUT2D eigenvalue weighted by molar-refractivity contribution is 0.401. The molecule has 1 saturated heterocycles. The van der Waals surface area contributed by atoms with Crippen molar-refractivity contribution in [2.24, 2.45) is 5.73 Å². The van der Waals surface area contributed by atoms with Crippen LogP contribution in [0.1, 0.15) is 30.4 Å². The molecular formula is C13H18N2. The molecule has 0 aliphatic carbocycles. The SMILES string of the molecule is Cc1cccc2c1N1C(N)CCCC1C2. The molecule has 80 valence electrons. The normalized spacial score (nSPS) is 28.8. The number of fused-ring (bicyclic) bond motifs is 3. The maximum atomic E-state index is 6.23. The Morgan fingerprint density at radius 3 is 3.07 bits per heavy atom. The molecule has 1 aromatic carbocycles. The summed E-state index contributed by atoms with van der Waals surface area (Å²) in [5.41, 5.74) is 10.5. The van der Waals surface area contributed by atoms with E-state index in [9.17, 15) is 0 Å². The topological polar surface area (TPSA) is 29.3 Å². The first kappa shape index (κ1) is 9.22. The zero-order chi connectivity index (χ0) is 10.4. The van der Waals surface area contributed by atoms with E-state index in [0.29, 0.717) is 6.04 Å². The Balaban J connectivity index is 2.08. The van der Waals surface area contributed by atoms with Gasteiger partial charge in [0.2, 0.25) is 0 Å². The summed E-state index contributed by atoms with van der Waals surface area (Å²) >= 11 is 0. The first-order valence-electron chi connectivity index (χ1n) is 5.90. The number of aryl methyl sites for hydroxylation is 1. The fraction of sp³-hybridized carbons (Fsp3) is 0.538. The van der Waals surface area contributed by atoms with Crippen molar-refractivity contribution < 1.29 is 0 Å². The number of nitrogens with zero attached hydrogens (tertiary/aromatic N) is 1. The molecule has 2 atom stereocenters. The fourth-order valence-electron chi connectivity index (χ4n) is 3.17. The molecule has 1 fully saturated rings. The van der Waals surface area contributed by atoms with Gasteiger partial charge in [-0.25, -0.2) is 0 Å². The summed E-state index contributed by atoms with van der Waals surface area (Å²) in [6.45, 7) is 2.20. The molecule has 0 radical (unpaired) electrons. The summed E-state index contributed by atoms with van der Waals surface area (Å²) in [6.07, 6.45) is 5.18. The number of hydrogen-bond acceptors (Lipinski definition) is 2. The second-order valence-corrected chi connectivity index (χ2v) is 4.85. The Hall–Kier alpha value is -1.02. The van der Waals surface area contributed by atoms with Crippen LogP contribution in [0.15, 0.2) is 18.2 Å². The molecule has 3 rings (SSSR count). The Kier molecular flexibility index (Phi) is 1.99. The minimum Gasteiger partial charge on any atom is -0.352 e. The lowest BCUT2D eigenvalue weighted by Gasteiger charge is -2.38. The van der Waals surface area contributed by atoms with Crippen molar-refractivity contribution in [3.05, 3.63) is 29.3 Å². The van der Waals surface area contributed by atoms with Crippen LogP contribution in [0.2, 0.25) is 0 Å². The molecule has 2 unspecified atom stereocenters. The number of piperidine rings is 1. The van der Waals surface area contributed by atoms with Gasteiger partial charge in [-0.15, -0.1) is 0 Å². The maximum absolute atomic E-state index is 6.23. The monoisotopic (exact) mass is 202 g/mol. The molecule has 0 amide bonds. The Morgan fingerprint density at radius 2 is 2.20 bits per heavy atom. The van der Waals surface area contributed by atoms with Crippen molar-refractivity contribution >= 4 is 5.69 Å². The molecule has 0 saturated carbocycles. The Bertz CT molecular complexity index is 386. The lowest BCUT2D eigenvalue weighted by atomic mass is 10.00. The minimum absolute atomic E-state index is 0.242. The van der Waals surface area contributed by atoms with E-state index >= 15 is 0 Å². The first-order chi connectivity index (χ1) is 7.27. The van der Waals surface area contributed by atoms with Gasteiger partial charge >= 0.3 is 0 Å². The zero-order valence-electron chi connectivity index (χ0n) is 9.24. The van der Waals surface area contributed by atoms with Crippen LogP contribution in [-0.2, 0) is 6.42 Å². The Morgan fingerprint density at radius 1 is 1.33 bits per heavy atom. The van der Waals surface area contributed by atoms with Gasteiger partial charge in [-0.2, -0.15) is 0 Å². The lowest BCUT2D eigenvalue weighted by Crippen LogP contribution is -2.49. The largest absolute Gasteiger partial charge is 0.352 e. The standard InChI is InChI=1S/C13H18N2/c1-9-4-2-5-10-8-11-6-3-7-12(14)15(11)13(9)10/h2,4-5,11-12H,3,6-8,14H2,1H3.